The number of primary amides is 1. The zero-order chi connectivity index (χ0) is 17.9. The SMILES string of the molecule is NC(=O)[C@H]1CCCN(C(=O)Nc2cc(F)c(OC(F)F)cc2F)C1. The van der Waals surface area contributed by atoms with Crippen LogP contribution in [0.4, 0.5) is 28.0 Å². The minimum atomic E-state index is -3.31. The molecular weight excluding hydrogens is 334 g/mol. The van der Waals surface area contributed by atoms with Crippen LogP contribution in [0.1, 0.15) is 12.8 Å². The van der Waals surface area contributed by atoms with Crippen molar-refractivity contribution in [2.45, 2.75) is 19.5 Å². The minimum absolute atomic E-state index is 0.0673. The van der Waals surface area contributed by atoms with E-state index in [1.807, 2.05) is 0 Å². The molecule has 0 aromatic heterocycles. The lowest BCUT2D eigenvalue weighted by Gasteiger charge is -2.31. The Hall–Kier alpha value is -2.52. The van der Waals surface area contributed by atoms with Crippen molar-refractivity contribution in [1.82, 2.24) is 4.90 Å². The first-order valence-corrected chi connectivity index (χ1v) is 7.07. The molecule has 1 aliphatic rings. The maximum absolute atomic E-state index is 13.8. The Labute approximate surface area is 134 Å². The van der Waals surface area contributed by atoms with Crippen molar-refractivity contribution in [3.05, 3.63) is 23.8 Å². The van der Waals surface area contributed by atoms with Gasteiger partial charge in [-0.05, 0) is 12.8 Å². The predicted octanol–water partition coefficient (Wildman–Crippen LogP) is 2.30. The number of urea groups is 1. The topological polar surface area (TPSA) is 84.7 Å². The van der Waals surface area contributed by atoms with Gasteiger partial charge in [0, 0.05) is 25.2 Å². The van der Waals surface area contributed by atoms with Crippen LogP contribution in [0.5, 0.6) is 5.75 Å². The number of halogens is 4. The summed E-state index contributed by atoms with van der Waals surface area (Å²) in [5.41, 5.74) is 4.67. The second kappa shape index (κ2) is 7.37. The summed E-state index contributed by atoms with van der Waals surface area (Å²) in [6.45, 7) is -2.91. The van der Waals surface area contributed by atoms with Crippen LogP contribution in [-0.2, 0) is 4.79 Å². The Kier molecular flexibility index (Phi) is 5.47. The van der Waals surface area contributed by atoms with Crippen LogP contribution in [0, 0.1) is 17.6 Å². The normalized spacial score (nSPS) is 17.7. The Morgan fingerprint density at radius 2 is 2.00 bits per heavy atom. The maximum Gasteiger partial charge on any atom is 0.387 e. The van der Waals surface area contributed by atoms with Crippen molar-refractivity contribution < 1.29 is 31.9 Å². The van der Waals surface area contributed by atoms with Crippen molar-refractivity contribution in [3.63, 3.8) is 0 Å². The minimum Gasteiger partial charge on any atom is -0.432 e. The highest BCUT2D eigenvalue weighted by Gasteiger charge is 2.27. The van der Waals surface area contributed by atoms with Crippen molar-refractivity contribution in [2.24, 2.45) is 11.7 Å². The van der Waals surface area contributed by atoms with Gasteiger partial charge in [-0.1, -0.05) is 0 Å². The lowest BCUT2D eigenvalue weighted by Crippen LogP contribution is -2.45. The summed E-state index contributed by atoms with van der Waals surface area (Å²) in [5, 5.41) is 2.14. The van der Waals surface area contributed by atoms with Gasteiger partial charge in [0.25, 0.3) is 0 Å². The van der Waals surface area contributed by atoms with E-state index < -0.39 is 47.5 Å². The molecule has 1 saturated heterocycles. The first kappa shape index (κ1) is 17.8. The molecule has 3 amide bonds. The molecule has 6 nitrogen and oxygen atoms in total. The van der Waals surface area contributed by atoms with Crippen LogP contribution in [-0.4, -0.2) is 36.5 Å². The number of nitrogens with one attached hydrogen (secondary N) is 1. The highest BCUT2D eigenvalue weighted by molar-refractivity contribution is 5.90. The number of anilines is 1. The number of rotatable bonds is 4. The van der Waals surface area contributed by atoms with Crippen LogP contribution in [0.25, 0.3) is 0 Å². The fourth-order valence-electron chi connectivity index (χ4n) is 2.40. The molecule has 1 aliphatic heterocycles. The van der Waals surface area contributed by atoms with Gasteiger partial charge in [0.05, 0.1) is 11.6 Å². The zero-order valence-electron chi connectivity index (χ0n) is 12.4. The number of likely N-dealkylation sites (tertiary alicyclic amines) is 1. The molecular formula is C14H15F4N3O3. The molecule has 24 heavy (non-hydrogen) atoms. The number of hydrogen-bond acceptors (Lipinski definition) is 3. The van der Waals surface area contributed by atoms with E-state index in [2.05, 4.69) is 10.1 Å². The first-order valence-electron chi connectivity index (χ1n) is 7.07. The van der Waals surface area contributed by atoms with Crippen molar-refractivity contribution >= 4 is 17.6 Å². The van der Waals surface area contributed by atoms with E-state index in [9.17, 15) is 27.2 Å². The predicted molar refractivity (Wildman–Crippen MR) is 75.5 cm³/mol. The van der Waals surface area contributed by atoms with Gasteiger partial charge in [-0.15, -0.1) is 0 Å². The standard InChI is InChI=1S/C14H15F4N3O3/c15-8-5-11(24-13(17)18)9(16)4-10(8)20-14(23)21-3-1-2-7(6-21)12(19)22/h4-5,7,13H,1-3,6H2,(H2,19,22)(H,20,23)/t7-/m0/s1. The average molecular weight is 349 g/mol. The molecule has 132 valence electrons. The molecule has 0 saturated carbocycles. The fraction of sp³-hybridized carbons (Fsp3) is 0.429. The number of amides is 3. The number of carbonyl (C=O) groups excluding carboxylic acids is 2. The highest BCUT2D eigenvalue weighted by Crippen LogP contribution is 2.27. The van der Waals surface area contributed by atoms with E-state index in [0.717, 1.165) is 0 Å². The smallest absolute Gasteiger partial charge is 0.387 e. The summed E-state index contributed by atoms with van der Waals surface area (Å²) in [4.78, 5) is 24.5. The summed E-state index contributed by atoms with van der Waals surface area (Å²) in [5.74, 6) is -4.40. The third-order valence-electron chi connectivity index (χ3n) is 3.59. The second-order valence-electron chi connectivity index (χ2n) is 5.26. The molecule has 1 aromatic carbocycles. The summed E-state index contributed by atoms with van der Waals surface area (Å²) >= 11 is 0. The van der Waals surface area contributed by atoms with Gasteiger partial charge in [-0.25, -0.2) is 13.6 Å². The third-order valence-corrected chi connectivity index (χ3v) is 3.59. The number of hydrogen-bond donors (Lipinski definition) is 2. The van der Waals surface area contributed by atoms with E-state index in [1.165, 1.54) is 4.90 Å². The molecule has 0 aliphatic carbocycles. The molecule has 2 rings (SSSR count). The average Bonchev–Trinajstić information content (AvgIpc) is 2.51. The lowest BCUT2D eigenvalue weighted by molar-refractivity contribution is -0.123. The van der Waals surface area contributed by atoms with Crippen LogP contribution in [0.3, 0.4) is 0 Å². The van der Waals surface area contributed by atoms with Gasteiger partial charge in [-0.2, -0.15) is 8.78 Å². The van der Waals surface area contributed by atoms with E-state index in [4.69, 9.17) is 5.73 Å². The van der Waals surface area contributed by atoms with Crippen molar-refractivity contribution in [2.75, 3.05) is 18.4 Å². The number of nitrogens with two attached hydrogens (primary N) is 1. The fourth-order valence-corrected chi connectivity index (χ4v) is 2.40. The maximum atomic E-state index is 13.8. The summed E-state index contributed by atoms with van der Waals surface area (Å²) in [7, 11) is 0. The highest BCUT2D eigenvalue weighted by atomic mass is 19.3. The molecule has 1 aromatic rings. The van der Waals surface area contributed by atoms with Gasteiger partial charge in [-0.3, -0.25) is 4.79 Å². The molecule has 0 spiro atoms. The van der Waals surface area contributed by atoms with Gasteiger partial charge in [0.15, 0.2) is 17.4 Å². The number of ether oxygens (including phenoxy) is 1. The van der Waals surface area contributed by atoms with Crippen LogP contribution in [0.15, 0.2) is 12.1 Å². The van der Waals surface area contributed by atoms with Crippen molar-refractivity contribution in [3.8, 4) is 5.75 Å². The summed E-state index contributed by atoms with van der Waals surface area (Å²) < 4.78 is 55.4. The van der Waals surface area contributed by atoms with Crippen LogP contribution < -0.4 is 15.8 Å². The van der Waals surface area contributed by atoms with Crippen LogP contribution >= 0.6 is 0 Å². The Balaban J connectivity index is 2.08. The monoisotopic (exact) mass is 349 g/mol. The summed E-state index contributed by atoms with van der Waals surface area (Å²) in [6.07, 6.45) is 1.08. The number of benzene rings is 1. The van der Waals surface area contributed by atoms with Gasteiger partial charge >= 0.3 is 12.6 Å². The van der Waals surface area contributed by atoms with Crippen LogP contribution in [0.2, 0.25) is 0 Å². The quantitative estimate of drug-likeness (QED) is 0.818. The molecule has 0 radical (unpaired) electrons. The van der Waals surface area contributed by atoms with E-state index in [1.54, 1.807) is 0 Å². The Bertz CT molecular complexity index is 642. The molecule has 0 unspecified atom stereocenters. The number of alkyl halides is 2. The van der Waals surface area contributed by atoms with Gasteiger partial charge in [0.1, 0.15) is 0 Å². The lowest BCUT2D eigenvalue weighted by atomic mass is 9.98. The van der Waals surface area contributed by atoms with Crippen molar-refractivity contribution in [1.29, 1.82) is 0 Å². The van der Waals surface area contributed by atoms with E-state index in [0.29, 0.717) is 31.5 Å². The van der Waals surface area contributed by atoms with Gasteiger partial charge < -0.3 is 20.7 Å². The summed E-state index contributed by atoms with van der Waals surface area (Å²) in [6, 6.07) is 0.210. The zero-order valence-corrected chi connectivity index (χ0v) is 12.4. The third kappa shape index (κ3) is 4.27. The number of piperidine rings is 1. The van der Waals surface area contributed by atoms with E-state index in [-0.39, 0.29) is 6.54 Å². The molecule has 1 fully saturated rings. The van der Waals surface area contributed by atoms with E-state index >= 15 is 0 Å². The Morgan fingerprint density at radius 1 is 1.29 bits per heavy atom. The molecule has 1 heterocycles. The molecule has 0 bridgehead atoms. The number of nitrogens with zero attached hydrogens (tertiary/aromatic N) is 1. The molecule has 10 heteroatoms. The molecule has 3 N–H and O–H groups in total. The molecule has 1 atom stereocenters. The Morgan fingerprint density at radius 3 is 2.62 bits per heavy atom. The number of carbonyl (C=O) groups is 2. The van der Waals surface area contributed by atoms with Gasteiger partial charge in [0.2, 0.25) is 5.91 Å². The largest absolute Gasteiger partial charge is 0.432 e. The second-order valence-corrected chi connectivity index (χ2v) is 5.26. The first-order chi connectivity index (χ1) is 11.3.